The molecule has 1 atom stereocenters. The Labute approximate surface area is 176 Å². The van der Waals surface area contributed by atoms with Crippen molar-refractivity contribution in [3.05, 3.63) is 82.8 Å². The summed E-state index contributed by atoms with van der Waals surface area (Å²) in [6.07, 6.45) is 1.39. The molecule has 1 amide bonds. The summed E-state index contributed by atoms with van der Waals surface area (Å²) in [6, 6.07) is 12.7. The van der Waals surface area contributed by atoms with Gasteiger partial charge in [0, 0.05) is 5.56 Å². The van der Waals surface area contributed by atoms with Crippen molar-refractivity contribution >= 4 is 34.7 Å². The largest absolute Gasteiger partial charge is 0.507 e. The summed E-state index contributed by atoms with van der Waals surface area (Å²) in [7, 11) is 1.42. The maximum atomic E-state index is 13.0. The minimum Gasteiger partial charge on any atom is -0.507 e. The summed E-state index contributed by atoms with van der Waals surface area (Å²) < 4.78 is 10.6. The highest BCUT2D eigenvalue weighted by atomic mass is 35.5. The fourth-order valence-corrected chi connectivity index (χ4v) is 3.62. The van der Waals surface area contributed by atoms with Gasteiger partial charge in [-0.1, -0.05) is 23.7 Å². The predicted molar refractivity (Wildman–Crippen MR) is 110 cm³/mol. The fraction of sp³-hybridized carbons (Fsp3) is 0.0909. The minimum atomic E-state index is -1.07. The molecule has 1 saturated heterocycles. The monoisotopic (exact) mass is 425 g/mol. The number of para-hydroxylation sites is 2. The number of aliphatic hydroxyl groups excluding tert-OH is 1. The molecule has 1 fully saturated rings. The number of aliphatic hydroxyl groups is 1. The molecule has 1 aromatic heterocycles. The van der Waals surface area contributed by atoms with Gasteiger partial charge in [-0.3, -0.25) is 14.5 Å². The van der Waals surface area contributed by atoms with Crippen molar-refractivity contribution in [2.45, 2.75) is 6.04 Å². The second-order valence-electron chi connectivity index (χ2n) is 6.52. The van der Waals surface area contributed by atoms with E-state index in [4.69, 9.17) is 20.8 Å². The molecule has 152 valence electrons. The molecular formula is C22H16ClNO6. The maximum absolute atomic E-state index is 13.0. The van der Waals surface area contributed by atoms with Gasteiger partial charge in [0.25, 0.3) is 11.7 Å². The van der Waals surface area contributed by atoms with Crippen molar-refractivity contribution in [3.63, 3.8) is 0 Å². The Bertz CT molecular complexity index is 1170. The van der Waals surface area contributed by atoms with Gasteiger partial charge in [0.05, 0.1) is 29.7 Å². The molecule has 1 unspecified atom stereocenters. The number of phenolic OH excluding ortho intramolecular Hbond substituents is 1. The number of carbonyl (C=O) groups excluding carboxylic acids is 2. The molecule has 0 saturated carbocycles. The van der Waals surface area contributed by atoms with Gasteiger partial charge in [-0.15, -0.1) is 0 Å². The first-order valence-corrected chi connectivity index (χ1v) is 9.28. The lowest BCUT2D eigenvalue weighted by Gasteiger charge is -2.24. The number of amides is 1. The number of furan rings is 1. The highest BCUT2D eigenvalue weighted by Crippen LogP contribution is 2.45. The molecule has 3 aromatic rings. The third-order valence-electron chi connectivity index (χ3n) is 4.82. The van der Waals surface area contributed by atoms with Crippen LogP contribution in [0.1, 0.15) is 17.4 Å². The molecule has 0 radical (unpaired) electrons. The van der Waals surface area contributed by atoms with Gasteiger partial charge < -0.3 is 19.4 Å². The number of aromatic hydroxyl groups is 1. The van der Waals surface area contributed by atoms with Crippen LogP contribution in [0.5, 0.6) is 11.5 Å². The Balaban J connectivity index is 1.94. The first-order valence-electron chi connectivity index (χ1n) is 8.90. The van der Waals surface area contributed by atoms with Crippen LogP contribution >= 0.6 is 11.6 Å². The zero-order valence-electron chi connectivity index (χ0n) is 15.7. The minimum absolute atomic E-state index is 0.119. The molecule has 0 spiro atoms. The van der Waals surface area contributed by atoms with E-state index in [2.05, 4.69) is 0 Å². The van der Waals surface area contributed by atoms with Crippen molar-refractivity contribution in [2.24, 2.45) is 0 Å². The van der Waals surface area contributed by atoms with E-state index >= 15 is 0 Å². The summed E-state index contributed by atoms with van der Waals surface area (Å²) in [5, 5.41) is 21.6. The summed E-state index contributed by atoms with van der Waals surface area (Å²) in [4.78, 5) is 27.0. The molecule has 2 N–H and O–H groups in total. The van der Waals surface area contributed by atoms with Crippen LogP contribution in [0.15, 0.2) is 70.9 Å². The van der Waals surface area contributed by atoms with E-state index < -0.39 is 23.5 Å². The summed E-state index contributed by atoms with van der Waals surface area (Å²) in [5.41, 5.74) is 0.180. The summed E-state index contributed by atoms with van der Waals surface area (Å²) in [5.74, 6) is -1.87. The lowest BCUT2D eigenvalue weighted by molar-refractivity contribution is -0.132. The van der Waals surface area contributed by atoms with Gasteiger partial charge in [0.1, 0.15) is 29.1 Å². The number of phenols is 1. The molecule has 1 aliphatic rings. The van der Waals surface area contributed by atoms with Crippen molar-refractivity contribution in [1.82, 2.24) is 0 Å². The van der Waals surface area contributed by atoms with Gasteiger partial charge in [-0.2, -0.15) is 0 Å². The molecule has 30 heavy (non-hydrogen) atoms. The van der Waals surface area contributed by atoms with E-state index in [0.29, 0.717) is 10.8 Å². The van der Waals surface area contributed by atoms with E-state index in [1.807, 2.05) is 0 Å². The summed E-state index contributed by atoms with van der Waals surface area (Å²) >= 11 is 6.05. The Morgan fingerprint density at radius 1 is 1.13 bits per heavy atom. The Hall–Kier alpha value is -3.71. The smallest absolute Gasteiger partial charge is 0.300 e. The van der Waals surface area contributed by atoms with E-state index in [1.165, 1.54) is 43.7 Å². The average molecular weight is 426 g/mol. The number of nitrogens with zero attached hydrogens (tertiary/aromatic N) is 1. The number of hydrogen-bond acceptors (Lipinski definition) is 6. The molecule has 7 nitrogen and oxygen atoms in total. The van der Waals surface area contributed by atoms with Gasteiger partial charge in [-0.25, -0.2) is 0 Å². The van der Waals surface area contributed by atoms with Gasteiger partial charge >= 0.3 is 0 Å². The molecule has 8 heteroatoms. The number of benzene rings is 2. The topological polar surface area (TPSA) is 100 Å². The fourth-order valence-electron chi connectivity index (χ4n) is 3.43. The van der Waals surface area contributed by atoms with Gasteiger partial charge in [0.15, 0.2) is 0 Å². The van der Waals surface area contributed by atoms with Crippen molar-refractivity contribution < 1.29 is 29.0 Å². The molecule has 2 aromatic carbocycles. The molecule has 4 rings (SSSR count). The first-order chi connectivity index (χ1) is 14.4. The normalized spacial score (nSPS) is 18.1. The number of Topliss-reactive ketones (excluding diaryl/α,β-unsaturated/α-hetero) is 1. The van der Waals surface area contributed by atoms with Crippen LogP contribution in [0.4, 0.5) is 5.69 Å². The zero-order chi connectivity index (χ0) is 21.4. The number of rotatable bonds is 4. The highest BCUT2D eigenvalue weighted by Gasteiger charge is 2.49. The van der Waals surface area contributed by atoms with Crippen molar-refractivity contribution in [3.8, 4) is 11.5 Å². The second-order valence-corrected chi connectivity index (χ2v) is 6.93. The third-order valence-corrected chi connectivity index (χ3v) is 5.14. The quantitative estimate of drug-likeness (QED) is 0.368. The van der Waals surface area contributed by atoms with Crippen LogP contribution in [0.25, 0.3) is 5.76 Å². The number of anilines is 1. The van der Waals surface area contributed by atoms with Crippen LogP contribution < -0.4 is 9.64 Å². The first kappa shape index (κ1) is 19.6. The zero-order valence-corrected chi connectivity index (χ0v) is 16.5. The average Bonchev–Trinajstić information content (AvgIpc) is 3.36. The number of carbonyl (C=O) groups is 2. The van der Waals surface area contributed by atoms with Gasteiger partial charge in [0.2, 0.25) is 0 Å². The van der Waals surface area contributed by atoms with E-state index in [1.54, 1.807) is 24.3 Å². The van der Waals surface area contributed by atoms with Gasteiger partial charge in [-0.05, 0) is 42.5 Å². The molecule has 1 aliphatic heterocycles. The number of halogens is 1. The van der Waals surface area contributed by atoms with Crippen molar-refractivity contribution in [1.29, 1.82) is 0 Å². The van der Waals surface area contributed by atoms with E-state index in [9.17, 15) is 19.8 Å². The van der Waals surface area contributed by atoms with Crippen LogP contribution in [0, 0.1) is 0 Å². The van der Waals surface area contributed by atoms with Crippen LogP contribution in [0.3, 0.4) is 0 Å². The van der Waals surface area contributed by atoms with E-state index in [0.717, 1.165) is 4.90 Å². The molecular weight excluding hydrogens is 410 g/mol. The van der Waals surface area contributed by atoms with Crippen LogP contribution in [-0.4, -0.2) is 29.0 Å². The second kappa shape index (κ2) is 7.61. The molecule has 0 aliphatic carbocycles. The lowest BCUT2D eigenvalue weighted by atomic mass is 9.99. The summed E-state index contributed by atoms with van der Waals surface area (Å²) in [6.45, 7) is 0. The highest BCUT2D eigenvalue weighted by molar-refractivity contribution is 6.51. The third kappa shape index (κ3) is 3.09. The maximum Gasteiger partial charge on any atom is 0.300 e. The molecule has 2 heterocycles. The number of hydrogen-bond donors (Lipinski definition) is 2. The Kier molecular flexibility index (Phi) is 4.97. The Morgan fingerprint density at radius 2 is 1.90 bits per heavy atom. The number of methoxy groups -OCH3 is 1. The predicted octanol–water partition coefficient (Wildman–Crippen LogP) is 4.27. The molecule has 0 bridgehead atoms. The van der Waals surface area contributed by atoms with Crippen molar-refractivity contribution in [2.75, 3.05) is 12.0 Å². The Morgan fingerprint density at radius 3 is 2.57 bits per heavy atom. The SMILES string of the molecule is COc1cc(/C(O)=C2/C(=O)C(=O)N(c3ccccc3O)C2c2ccco2)ccc1Cl. The number of ketones is 1. The standard InChI is InChI=1S/C22H16ClNO6/c1-29-17-11-12(8-9-13(17)23)20(26)18-19(16-7-4-10-30-16)24(22(28)21(18)27)14-5-2-3-6-15(14)25/h2-11,19,25-26H,1H3/b20-18-. The lowest BCUT2D eigenvalue weighted by Crippen LogP contribution is -2.29. The van der Waals surface area contributed by atoms with Crippen LogP contribution in [0.2, 0.25) is 5.02 Å². The van der Waals surface area contributed by atoms with E-state index in [-0.39, 0.29) is 28.3 Å². The van der Waals surface area contributed by atoms with Crippen LogP contribution in [-0.2, 0) is 9.59 Å². The number of ether oxygens (including phenoxy) is 1.